The fourth-order valence-corrected chi connectivity index (χ4v) is 2.91. The zero-order valence-electron chi connectivity index (χ0n) is 12.5. The lowest BCUT2D eigenvalue weighted by Gasteiger charge is -2.22. The maximum atomic E-state index is 12.6. The summed E-state index contributed by atoms with van der Waals surface area (Å²) in [6.07, 6.45) is 4.77. The Bertz CT molecular complexity index is 539. The lowest BCUT2D eigenvalue weighted by molar-refractivity contribution is -0.384. The van der Waals surface area contributed by atoms with Crippen molar-refractivity contribution in [3.8, 4) is 0 Å². The normalized spacial score (nSPS) is 15.0. The third kappa shape index (κ3) is 3.51. The molecule has 1 aliphatic rings. The number of anilines is 1. The Hall–Kier alpha value is -2.11. The average molecular weight is 291 g/mol. The molecule has 1 fully saturated rings. The third-order valence-corrected chi connectivity index (χ3v) is 4.07. The maximum absolute atomic E-state index is 12.6. The van der Waals surface area contributed by atoms with Crippen LogP contribution in [0, 0.1) is 16.0 Å². The third-order valence-electron chi connectivity index (χ3n) is 4.07. The van der Waals surface area contributed by atoms with Gasteiger partial charge < -0.3 is 10.2 Å². The van der Waals surface area contributed by atoms with E-state index in [1.54, 1.807) is 25.1 Å². The molecule has 1 amide bonds. The van der Waals surface area contributed by atoms with Gasteiger partial charge in [-0.15, -0.1) is 0 Å². The number of hydrogen-bond acceptors (Lipinski definition) is 4. The van der Waals surface area contributed by atoms with Gasteiger partial charge in [0.05, 0.1) is 10.5 Å². The van der Waals surface area contributed by atoms with Crippen molar-refractivity contribution in [3.05, 3.63) is 33.9 Å². The van der Waals surface area contributed by atoms with Crippen LogP contribution in [0.3, 0.4) is 0 Å². The number of amides is 1. The van der Waals surface area contributed by atoms with E-state index in [-0.39, 0.29) is 11.6 Å². The second kappa shape index (κ2) is 6.56. The molecule has 1 saturated carbocycles. The first-order valence-electron chi connectivity index (χ1n) is 7.24. The number of non-ortho nitro benzene ring substituents is 1. The van der Waals surface area contributed by atoms with Gasteiger partial charge in [0.15, 0.2) is 0 Å². The van der Waals surface area contributed by atoms with Crippen LogP contribution >= 0.6 is 0 Å². The molecule has 0 unspecified atom stereocenters. The van der Waals surface area contributed by atoms with Gasteiger partial charge in [0.25, 0.3) is 11.6 Å². The van der Waals surface area contributed by atoms with Gasteiger partial charge in [0.1, 0.15) is 0 Å². The van der Waals surface area contributed by atoms with Crippen LogP contribution in [-0.2, 0) is 0 Å². The number of carbonyl (C=O) groups is 1. The molecule has 6 heteroatoms. The van der Waals surface area contributed by atoms with Crippen LogP contribution < -0.4 is 5.32 Å². The van der Waals surface area contributed by atoms with Crippen LogP contribution in [-0.4, -0.2) is 36.4 Å². The number of nitro benzene ring substituents is 1. The van der Waals surface area contributed by atoms with E-state index in [0.29, 0.717) is 23.7 Å². The minimum absolute atomic E-state index is 0.0633. The molecule has 0 aromatic heterocycles. The Morgan fingerprint density at radius 1 is 1.43 bits per heavy atom. The molecule has 6 nitrogen and oxygen atoms in total. The molecule has 1 N–H and O–H groups in total. The number of rotatable bonds is 5. The zero-order chi connectivity index (χ0) is 15.4. The van der Waals surface area contributed by atoms with Crippen molar-refractivity contribution < 1.29 is 9.72 Å². The van der Waals surface area contributed by atoms with Crippen LogP contribution in [0.4, 0.5) is 11.4 Å². The standard InChI is InChI=1S/C15H21N3O3/c1-16-14-8-7-12(18(20)21)9-13(14)15(19)17(2)10-11-5-3-4-6-11/h7-9,11,16H,3-6,10H2,1-2H3. The fourth-order valence-electron chi connectivity index (χ4n) is 2.91. The summed E-state index contributed by atoms with van der Waals surface area (Å²) < 4.78 is 0. The Morgan fingerprint density at radius 3 is 2.67 bits per heavy atom. The highest BCUT2D eigenvalue weighted by Crippen LogP contribution is 2.27. The van der Waals surface area contributed by atoms with Crippen LogP contribution in [0.25, 0.3) is 0 Å². The van der Waals surface area contributed by atoms with Crippen molar-refractivity contribution in [2.24, 2.45) is 5.92 Å². The highest BCUT2D eigenvalue weighted by Gasteiger charge is 2.23. The predicted molar refractivity (Wildman–Crippen MR) is 81.6 cm³/mol. The molecule has 0 saturated heterocycles. The summed E-state index contributed by atoms with van der Waals surface area (Å²) in [5, 5.41) is 13.8. The molecular weight excluding hydrogens is 270 g/mol. The molecule has 114 valence electrons. The summed E-state index contributed by atoms with van der Waals surface area (Å²) in [6, 6.07) is 4.33. The quantitative estimate of drug-likeness (QED) is 0.668. The lowest BCUT2D eigenvalue weighted by atomic mass is 10.1. The maximum Gasteiger partial charge on any atom is 0.270 e. The second-order valence-electron chi connectivity index (χ2n) is 5.57. The van der Waals surface area contributed by atoms with E-state index < -0.39 is 4.92 Å². The first kappa shape index (κ1) is 15.3. The Kier molecular flexibility index (Phi) is 4.77. The van der Waals surface area contributed by atoms with Gasteiger partial charge >= 0.3 is 0 Å². The van der Waals surface area contributed by atoms with Gasteiger partial charge in [0.2, 0.25) is 0 Å². The zero-order valence-corrected chi connectivity index (χ0v) is 12.5. The highest BCUT2D eigenvalue weighted by atomic mass is 16.6. The highest BCUT2D eigenvalue weighted by molar-refractivity contribution is 6.00. The van der Waals surface area contributed by atoms with E-state index in [1.165, 1.54) is 25.0 Å². The van der Waals surface area contributed by atoms with E-state index in [0.717, 1.165) is 12.8 Å². The van der Waals surface area contributed by atoms with Crippen LogP contribution in [0.5, 0.6) is 0 Å². The van der Waals surface area contributed by atoms with Crippen molar-refractivity contribution in [2.75, 3.05) is 26.0 Å². The summed E-state index contributed by atoms with van der Waals surface area (Å²) in [7, 11) is 3.47. The molecule has 0 bridgehead atoms. The molecule has 0 atom stereocenters. The number of benzene rings is 1. The molecule has 0 spiro atoms. The SMILES string of the molecule is CNc1ccc([N+](=O)[O-])cc1C(=O)N(C)CC1CCCC1. The van der Waals surface area contributed by atoms with Crippen LogP contribution in [0.1, 0.15) is 36.0 Å². The van der Waals surface area contributed by atoms with Crippen molar-refractivity contribution in [2.45, 2.75) is 25.7 Å². The van der Waals surface area contributed by atoms with Gasteiger partial charge in [0, 0.05) is 38.5 Å². The molecule has 0 heterocycles. The average Bonchev–Trinajstić information content (AvgIpc) is 2.98. The first-order chi connectivity index (χ1) is 10.0. The largest absolute Gasteiger partial charge is 0.387 e. The van der Waals surface area contributed by atoms with E-state index >= 15 is 0 Å². The smallest absolute Gasteiger partial charge is 0.270 e. The monoisotopic (exact) mass is 291 g/mol. The van der Waals surface area contributed by atoms with E-state index in [9.17, 15) is 14.9 Å². The second-order valence-corrected chi connectivity index (χ2v) is 5.57. The van der Waals surface area contributed by atoms with Gasteiger partial charge in [-0.1, -0.05) is 12.8 Å². The molecule has 1 aromatic rings. The number of nitrogens with one attached hydrogen (secondary N) is 1. The number of hydrogen-bond donors (Lipinski definition) is 1. The molecule has 21 heavy (non-hydrogen) atoms. The Labute approximate surface area is 124 Å². The molecular formula is C15H21N3O3. The molecule has 0 aliphatic heterocycles. The molecule has 0 radical (unpaired) electrons. The van der Waals surface area contributed by atoms with E-state index in [1.807, 2.05) is 0 Å². The van der Waals surface area contributed by atoms with Crippen molar-refractivity contribution in [1.29, 1.82) is 0 Å². The Balaban J connectivity index is 2.19. The van der Waals surface area contributed by atoms with Gasteiger partial charge in [-0.05, 0) is 24.8 Å². The number of nitrogens with zero attached hydrogens (tertiary/aromatic N) is 2. The minimum Gasteiger partial charge on any atom is -0.387 e. The predicted octanol–water partition coefficient (Wildman–Crippen LogP) is 2.90. The number of carbonyl (C=O) groups excluding carboxylic acids is 1. The Morgan fingerprint density at radius 2 is 2.10 bits per heavy atom. The summed E-state index contributed by atoms with van der Waals surface area (Å²) in [5.74, 6) is 0.380. The molecule has 1 aromatic carbocycles. The van der Waals surface area contributed by atoms with Crippen LogP contribution in [0.15, 0.2) is 18.2 Å². The summed E-state index contributed by atoms with van der Waals surface area (Å²) >= 11 is 0. The van der Waals surface area contributed by atoms with Crippen LogP contribution in [0.2, 0.25) is 0 Å². The van der Waals surface area contributed by atoms with Crippen molar-refractivity contribution in [1.82, 2.24) is 4.90 Å². The number of nitro groups is 1. The van der Waals surface area contributed by atoms with Gasteiger partial charge in [-0.2, -0.15) is 0 Å². The fraction of sp³-hybridized carbons (Fsp3) is 0.533. The first-order valence-corrected chi connectivity index (χ1v) is 7.24. The van der Waals surface area contributed by atoms with Crippen molar-refractivity contribution >= 4 is 17.3 Å². The summed E-state index contributed by atoms with van der Waals surface area (Å²) in [5.41, 5.74) is 0.905. The molecule has 1 aliphatic carbocycles. The summed E-state index contributed by atoms with van der Waals surface area (Å²) in [6.45, 7) is 0.713. The van der Waals surface area contributed by atoms with Crippen molar-refractivity contribution in [3.63, 3.8) is 0 Å². The topological polar surface area (TPSA) is 75.5 Å². The molecule has 2 rings (SSSR count). The van der Waals surface area contributed by atoms with Gasteiger partial charge in [-0.3, -0.25) is 14.9 Å². The summed E-state index contributed by atoms with van der Waals surface area (Å²) in [4.78, 5) is 24.6. The lowest BCUT2D eigenvalue weighted by Crippen LogP contribution is -2.31. The van der Waals surface area contributed by atoms with E-state index in [4.69, 9.17) is 0 Å². The van der Waals surface area contributed by atoms with Gasteiger partial charge in [-0.25, -0.2) is 0 Å². The minimum atomic E-state index is -0.479. The van der Waals surface area contributed by atoms with E-state index in [2.05, 4.69) is 5.32 Å².